The van der Waals surface area contributed by atoms with Crippen molar-refractivity contribution in [2.24, 2.45) is 5.41 Å². The van der Waals surface area contributed by atoms with Crippen molar-refractivity contribution in [1.82, 2.24) is 5.32 Å². The predicted octanol–water partition coefficient (Wildman–Crippen LogP) is 3.61. The Bertz CT molecular complexity index is 201. The van der Waals surface area contributed by atoms with Crippen LogP contribution in [0.2, 0.25) is 0 Å². The average Bonchev–Trinajstić information content (AvgIpc) is 2.12. The van der Waals surface area contributed by atoms with Gasteiger partial charge in [0.25, 0.3) is 0 Å². The van der Waals surface area contributed by atoms with Crippen molar-refractivity contribution < 1.29 is 4.74 Å². The molecule has 0 aromatic rings. The molecule has 0 aromatic heterocycles. The second kappa shape index (κ2) is 5.50. The highest BCUT2D eigenvalue weighted by atomic mass is 16.5. The summed E-state index contributed by atoms with van der Waals surface area (Å²) in [7, 11) is 1.79. The Kier molecular flexibility index (Phi) is 5.48. The molecule has 0 amide bonds. The van der Waals surface area contributed by atoms with E-state index in [9.17, 15) is 0 Å². The van der Waals surface area contributed by atoms with Crippen molar-refractivity contribution in [2.45, 2.75) is 72.4 Å². The van der Waals surface area contributed by atoms with E-state index in [0.29, 0.717) is 5.41 Å². The molecule has 0 saturated heterocycles. The van der Waals surface area contributed by atoms with Gasteiger partial charge in [-0.15, -0.1) is 0 Å². The third kappa shape index (κ3) is 8.12. The van der Waals surface area contributed by atoms with Crippen molar-refractivity contribution in [3.63, 3.8) is 0 Å². The molecule has 0 aliphatic carbocycles. The Morgan fingerprint density at radius 2 is 1.38 bits per heavy atom. The fourth-order valence-electron chi connectivity index (χ4n) is 1.33. The Hall–Kier alpha value is -0.0800. The molecule has 1 N–H and O–H groups in total. The summed E-state index contributed by atoms with van der Waals surface area (Å²) in [5.74, 6) is 0. The van der Waals surface area contributed by atoms with E-state index >= 15 is 0 Å². The summed E-state index contributed by atoms with van der Waals surface area (Å²) < 4.78 is 5.46. The van der Waals surface area contributed by atoms with Gasteiger partial charge in [0.2, 0.25) is 0 Å². The monoisotopic (exact) mass is 229 g/mol. The number of nitrogens with one attached hydrogen (secondary N) is 1. The molecule has 0 fully saturated rings. The SMILES string of the molecule is COC(C)(C)CCC(C)(C)CNC(C)(C)C. The van der Waals surface area contributed by atoms with Crippen LogP contribution in [0.4, 0.5) is 0 Å². The van der Waals surface area contributed by atoms with Gasteiger partial charge in [0, 0.05) is 19.2 Å². The van der Waals surface area contributed by atoms with E-state index < -0.39 is 0 Å². The zero-order valence-electron chi connectivity index (χ0n) is 12.5. The fraction of sp³-hybridized carbons (Fsp3) is 1.00. The maximum absolute atomic E-state index is 5.46. The Morgan fingerprint density at radius 3 is 1.75 bits per heavy atom. The van der Waals surface area contributed by atoms with Gasteiger partial charge in [0.05, 0.1) is 5.60 Å². The van der Waals surface area contributed by atoms with Crippen molar-refractivity contribution in [1.29, 1.82) is 0 Å². The molecular weight excluding hydrogens is 198 g/mol. The highest BCUT2D eigenvalue weighted by Crippen LogP contribution is 2.27. The summed E-state index contributed by atoms with van der Waals surface area (Å²) in [6.07, 6.45) is 2.28. The number of rotatable bonds is 6. The molecule has 0 rings (SSSR count). The Balaban J connectivity index is 4.06. The van der Waals surface area contributed by atoms with Crippen LogP contribution >= 0.6 is 0 Å². The largest absolute Gasteiger partial charge is 0.379 e. The lowest BCUT2D eigenvalue weighted by Crippen LogP contribution is -2.42. The van der Waals surface area contributed by atoms with Gasteiger partial charge in [-0.05, 0) is 52.9 Å². The van der Waals surface area contributed by atoms with E-state index in [0.717, 1.165) is 13.0 Å². The van der Waals surface area contributed by atoms with Crippen LogP contribution in [0.25, 0.3) is 0 Å². The summed E-state index contributed by atoms with van der Waals surface area (Å²) in [5.41, 5.74) is 0.524. The van der Waals surface area contributed by atoms with E-state index in [1.54, 1.807) is 7.11 Å². The van der Waals surface area contributed by atoms with Crippen LogP contribution in [0.1, 0.15) is 61.3 Å². The molecule has 2 nitrogen and oxygen atoms in total. The first-order valence-corrected chi connectivity index (χ1v) is 6.28. The lowest BCUT2D eigenvalue weighted by atomic mass is 9.83. The van der Waals surface area contributed by atoms with E-state index in [2.05, 4.69) is 53.8 Å². The lowest BCUT2D eigenvalue weighted by Gasteiger charge is -2.33. The zero-order valence-corrected chi connectivity index (χ0v) is 12.5. The van der Waals surface area contributed by atoms with E-state index in [-0.39, 0.29) is 11.1 Å². The summed E-state index contributed by atoms with van der Waals surface area (Å²) in [4.78, 5) is 0. The van der Waals surface area contributed by atoms with E-state index in [1.165, 1.54) is 6.42 Å². The van der Waals surface area contributed by atoms with Gasteiger partial charge < -0.3 is 10.1 Å². The number of hydrogen-bond donors (Lipinski definition) is 1. The molecule has 0 atom stereocenters. The molecule has 0 aliphatic rings. The molecule has 0 bridgehead atoms. The van der Waals surface area contributed by atoms with Gasteiger partial charge in [0.1, 0.15) is 0 Å². The average molecular weight is 229 g/mol. The van der Waals surface area contributed by atoms with Gasteiger partial charge in [-0.3, -0.25) is 0 Å². The molecular formula is C14H31NO. The molecule has 0 aliphatic heterocycles. The summed E-state index contributed by atoms with van der Waals surface area (Å²) in [5, 5.41) is 3.58. The molecule has 0 spiro atoms. The van der Waals surface area contributed by atoms with Crippen LogP contribution in [-0.4, -0.2) is 24.8 Å². The van der Waals surface area contributed by atoms with Gasteiger partial charge in [-0.2, -0.15) is 0 Å². The quantitative estimate of drug-likeness (QED) is 0.751. The maximum Gasteiger partial charge on any atom is 0.0623 e. The van der Waals surface area contributed by atoms with Crippen LogP contribution in [-0.2, 0) is 4.74 Å². The third-order valence-electron chi connectivity index (χ3n) is 3.05. The lowest BCUT2D eigenvalue weighted by molar-refractivity contribution is 0.00559. The second-order valence-corrected chi connectivity index (χ2v) is 7.23. The standard InChI is InChI=1S/C14H31NO/c1-12(2,3)15-11-13(4,5)9-10-14(6,7)16-8/h15H,9-11H2,1-8H3. The van der Waals surface area contributed by atoms with E-state index in [1.807, 2.05) is 0 Å². The number of hydrogen-bond acceptors (Lipinski definition) is 2. The first kappa shape index (κ1) is 15.9. The summed E-state index contributed by atoms with van der Waals surface area (Å²) >= 11 is 0. The minimum Gasteiger partial charge on any atom is -0.379 e. The van der Waals surface area contributed by atoms with E-state index in [4.69, 9.17) is 4.74 Å². The van der Waals surface area contributed by atoms with Crippen LogP contribution in [0, 0.1) is 5.41 Å². The van der Waals surface area contributed by atoms with Crippen molar-refractivity contribution in [3.8, 4) is 0 Å². The van der Waals surface area contributed by atoms with Gasteiger partial charge in [0.15, 0.2) is 0 Å². The molecule has 0 radical (unpaired) electrons. The normalized spacial score (nSPS) is 14.2. The second-order valence-electron chi connectivity index (χ2n) is 7.23. The number of ether oxygens (including phenoxy) is 1. The molecule has 0 unspecified atom stereocenters. The first-order chi connectivity index (χ1) is 6.97. The zero-order chi connectivity index (χ0) is 13.0. The number of methoxy groups -OCH3 is 1. The van der Waals surface area contributed by atoms with Crippen LogP contribution in [0.5, 0.6) is 0 Å². The summed E-state index contributed by atoms with van der Waals surface area (Å²) in [6, 6.07) is 0. The highest BCUT2D eigenvalue weighted by molar-refractivity contribution is 4.80. The predicted molar refractivity (Wildman–Crippen MR) is 71.9 cm³/mol. The van der Waals surface area contributed by atoms with Crippen molar-refractivity contribution in [3.05, 3.63) is 0 Å². The summed E-state index contributed by atoms with van der Waals surface area (Å²) in [6.45, 7) is 16.6. The molecule has 0 heterocycles. The smallest absolute Gasteiger partial charge is 0.0623 e. The van der Waals surface area contributed by atoms with Crippen LogP contribution < -0.4 is 5.32 Å². The van der Waals surface area contributed by atoms with Gasteiger partial charge in [-0.25, -0.2) is 0 Å². The maximum atomic E-state index is 5.46. The molecule has 2 heteroatoms. The molecule has 16 heavy (non-hydrogen) atoms. The minimum atomic E-state index is -0.000990. The van der Waals surface area contributed by atoms with Crippen molar-refractivity contribution in [2.75, 3.05) is 13.7 Å². The molecule has 98 valence electrons. The fourth-order valence-corrected chi connectivity index (χ4v) is 1.33. The van der Waals surface area contributed by atoms with Crippen molar-refractivity contribution >= 4 is 0 Å². The van der Waals surface area contributed by atoms with Crippen LogP contribution in [0.3, 0.4) is 0 Å². The Morgan fingerprint density at radius 1 is 0.875 bits per heavy atom. The van der Waals surface area contributed by atoms with Gasteiger partial charge in [-0.1, -0.05) is 13.8 Å². The topological polar surface area (TPSA) is 21.3 Å². The molecule has 0 saturated carbocycles. The highest BCUT2D eigenvalue weighted by Gasteiger charge is 2.25. The first-order valence-electron chi connectivity index (χ1n) is 6.28. The molecule has 0 aromatic carbocycles. The third-order valence-corrected chi connectivity index (χ3v) is 3.05. The minimum absolute atomic E-state index is 0.000990. The Labute approximate surface area is 102 Å². The van der Waals surface area contributed by atoms with Gasteiger partial charge >= 0.3 is 0 Å². The van der Waals surface area contributed by atoms with Crippen LogP contribution in [0.15, 0.2) is 0 Å².